The van der Waals surface area contributed by atoms with Crippen molar-refractivity contribution in [1.29, 1.82) is 0 Å². The highest BCUT2D eigenvalue weighted by molar-refractivity contribution is 7.89. The number of sulfonamides is 1. The molecule has 1 heterocycles. The van der Waals surface area contributed by atoms with Crippen molar-refractivity contribution in [2.45, 2.75) is 38.1 Å². The number of methoxy groups -OCH3 is 1. The Morgan fingerprint density at radius 2 is 1.81 bits per heavy atom. The monoisotopic (exact) mass is 445 g/mol. The Morgan fingerprint density at radius 3 is 2.45 bits per heavy atom. The van der Waals surface area contributed by atoms with Crippen molar-refractivity contribution < 1.29 is 17.9 Å². The number of anilines is 1. The first kappa shape index (κ1) is 23.2. The van der Waals surface area contributed by atoms with E-state index in [0.717, 1.165) is 38.0 Å². The number of carbonyl (C=O) groups is 1. The van der Waals surface area contributed by atoms with E-state index in [1.807, 2.05) is 24.3 Å². The topological polar surface area (TPSA) is 79.0 Å². The summed E-state index contributed by atoms with van der Waals surface area (Å²) < 4.78 is 32.8. The van der Waals surface area contributed by atoms with Crippen molar-refractivity contribution in [3.05, 3.63) is 53.6 Å². The van der Waals surface area contributed by atoms with Gasteiger partial charge in [-0.05, 0) is 61.8 Å². The third kappa shape index (κ3) is 5.44. The van der Waals surface area contributed by atoms with Crippen molar-refractivity contribution in [2.75, 3.05) is 38.6 Å². The van der Waals surface area contributed by atoms with Crippen LogP contribution in [-0.4, -0.2) is 56.8 Å². The van der Waals surface area contributed by atoms with Crippen LogP contribution in [0.4, 0.5) is 5.69 Å². The van der Waals surface area contributed by atoms with Crippen molar-refractivity contribution >= 4 is 21.6 Å². The minimum Gasteiger partial charge on any atom is -0.495 e. The number of nitrogens with zero attached hydrogens (tertiary/aromatic N) is 2. The van der Waals surface area contributed by atoms with Gasteiger partial charge in [0.2, 0.25) is 10.0 Å². The molecule has 1 aliphatic heterocycles. The second-order valence-electron chi connectivity index (χ2n) is 7.59. The van der Waals surface area contributed by atoms with Crippen LogP contribution in [0.5, 0.6) is 5.75 Å². The number of carbonyl (C=O) groups excluding carboxylic acids is 1. The largest absolute Gasteiger partial charge is 0.495 e. The zero-order valence-electron chi connectivity index (χ0n) is 18.4. The van der Waals surface area contributed by atoms with Gasteiger partial charge in [-0.1, -0.05) is 26.0 Å². The fourth-order valence-corrected chi connectivity index (χ4v) is 5.44. The lowest BCUT2D eigenvalue weighted by Crippen LogP contribution is -2.28. The molecule has 31 heavy (non-hydrogen) atoms. The molecule has 2 aromatic rings. The summed E-state index contributed by atoms with van der Waals surface area (Å²) in [5.41, 5.74) is 2.05. The van der Waals surface area contributed by atoms with Crippen LogP contribution in [0.25, 0.3) is 0 Å². The molecule has 0 radical (unpaired) electrons. The molecule has 0 aliphatic carbocycles. The molecule has 8 heteroatoms. The Morgan fingerprint density at radius 1 is 1.10 bits per heavy atom. The second kappa shape index (κ2) is 10.3. The van der Waals surface area contributed by atoms with Gasteiger partial charge in [0.05, 0.1) is 7.11 Å². The van der Waals surface area contributed by atoms with E-state index in [0.29, 0.717) is 18.8 Å². The van der Waals surface area contributed by atoms with Crippen molar-refractivity contribution in [3.8, 4) is 5.75 Å². The molecule has 7 nitrogen and oxygen atoms in total. The number of amides is 1. The SMILES string of the molecule is CCN(CC)Cc1cccc(NC(=O)c2ccc(OC)c(S(=O)(=O)N3CCCC3)c2)c1. The molecule has 3 rings (SSSR count). The van der Waals surface area contributed by atoms with Crippen LogP contribution in [0.15, 0.2) is 47.4 Å². The number of hydrogen-bond donors (Lipinski definition) is 1. The molecule has 1 fully saturated rings. The van der Waals surface area contributed by atoms with Gasteiger partial charge < -0.3 is 10.1 Å². The van der Waals surface area contributed by atoms with Crippen LogP contribution >= 0.6 is 0 Å². The predicted molar refractivity (Wildman–Crippen MR) is 122 cm³/mol. The highest BCUT2D eigenvalue weighted by atomic mass is 32.2. The molecule has 1 saturated heterocycles. The van der Waals surface area contributed by atoms with Crippen molar-refractivity contribution in [2.24, 2.45) is 0 Å². The Hall–Kier alpha value is -2.42. The van der Waals surface area contributed by atoms with Gasteiger partial charge in [0.1, 0.15) is 10.6 Å². The van der Waals surface area contributed by atoms with Gasteiger partial charge in [0.25, 0.3) is 5.91 Å². The number of rotatable bonds is 9. The first-order chi connectivity index (χ1) is 14.9. The Bertz CT molecular complexity index is 1010. The lowest BCUT2D eigenvalue weighted by atomic mass is 10.1. The molecule has 1 amide bonds. The Labute approximate surface area is 185 Å². The molecule has 1 N–H and O–H groups in total. The summed E-state index contributed by atoms with van der Waals surface area (Å²) in [7, 11) is -2.28. The molecule has 0 unspecified atom stereocenters. The molecular weight excluding hydrogens is 414 g/mol. The van der Waals surface area contributed by atoms with Gasteiger partial charge in [-0.15, -0.1) is 0 Å². The summed E-state index contributed by atoms with van der Waals surface area (Å²) >= 11 is 0. The zero-order chi connectivity index (χ0) is 22.4. The first-order valence-electron chi connectivity index (χ1n) is 10.7. The Balaban J connectivity index is 1.83. The van der Waals surface area contributed by atoms with E-state index in [9.17, 15) is 13.2 Å². The van der Waals surface area contributed by atoms with E-state index in [-0.39, 0.29) is 22.1 Å². The van der Waals surface area contributed by atoms with Gasteiger partial charge in [0, 0.05) is 30.9 Å². The Kier molecular flexibility index (Phi) is 7.69. The lowest BCUT2D eigenvalue weighted by Gasteiger charge is -2.19. The molecule has 0 aromatic heterocycles. The molecular formula is C23H31N3O4S. The van der Waals surface area contributed by atoms with E-state index >= 15 is 0 Å². The molecule has 2 aromatic carbocycles. The van der Waals surface area contributed by atoms with Crippen molar-refractivity contribution in [3.63, 3.8) is 0 Å². The fraction of sp³-hybridized carbons (Fsp3) is 0.435. The highest BCUT2D eigenvalue weighted by Crippen LogP contribution is 2.30. The minimum absolute atomic E-state index is 0.0276. The maximum Gasteiger partial charge on any atom is 0.255 e. The number of hydrogen-bond acceptors (Lipinski definition) is 5. The normalized spacial score (nSPS) is 14.7. The summed E-state index contributed by atoms with van der Waals surface area (Å²) in [6.45, 7) is 7.92. The highest BCUT2D eigenvalue weighted by Gasteiger charge is 2.30. The summed E-state index contributed by atoms with van der Waals surface area (Å²) in [6.07, 6.45) is 1.68. The third-order valence-corrected chi connectivity index (χ3v) is 7.51. The van der Waals surface area contributed by atoms with Crippen LogP contribution < -0.4 is 10.1 Å². The molecule has 0 saturated carbocycles. The molecule has 0 spiro atoms. The third-order valence-electron chi connectivity index (χ3n) is 5.59. The maximum absolute atomic E-state index is 13.1. The van der Waals surface area contributed by atoms with E-state index in [2.05, 4.69) is 24.1 Å². The summed E-state index contributed by atoms with van der Waals surface area (Å²) in [5, 5.41) is 2.89. The fourth-order valence-electron chi connectivity index (χ4n) is 3.74. The molecule has 1 aliphatic rings. The van der Waals surface area contributed by atoms with Gasteiger partial charge in [-0.3, -0.25) is 9.69 Å². The number of nitrogens with one attached hydrogen (secondary N) is 1. The molecule has 168 valence electrons. The second-order valence-corrected chi connectivity index (χ2v) is 9.50. The van der Waals surface area contributed by atoms with Gasteiger partial charge in [-0.2, -0.15) is 4.31 Å². The first-order valence-corrected chi connectivity index (χ1v) is 12.1. The number of benzene rings is 2. The van der Waals surface area contributed by atoms with Crippen LogP contribution in [0.3, 0.4) is 0 Å². The quantitative estimate of drug-likeness (QED) is 0.638. The smallest absolute Gasteiger partial charge is 0.255 e. The summed E-state index contributed by atoms with van der Waals surface area (Å²) in [5.74, 6) is -0.120. The lowest BCUT2D eigenvalue weighted by molar-refractivity contribution is 0.102. The standard InChI is InChI=1S/C23H31N3O4S/c1-4-25(5-2)17-18-9-8-10-20(15-18)24-23(27)19-11-12-21(30-3)22(16-19)31(28,29)26-13-6-7-14-26/h8-12,15-16H,4-7,13-14,17H2,1-3H3,(H,24,27). The van der Waals surface area contributed by atoms with Crippen LogP contribution in [-0.2, 0) is 16.6 Å². The van der Waals surface area contributed by atoms with E-state index < -0.39 is 10.0 Å². The average Bonchev–Trinajstić information content (AvgIpc) is 3.33. The van der Waals surface area contributed by atoms with Gasteiger partial charge in [-0.25, -0.2) is 8.42 Å². The van der Waals surface area contributed by atoms with Crippen molar-refractivity contribution in [1.82, 2.24) is 9.21 Å². The van der Waals surface area contributed by atoms with Crippen LogP contribution in [0, 0.1) is 0 Å². The average molecular weight is 446 g/mol. The minimum atomic E-state index is -3.71. The van der Waals surface area contributed by atoms with Gasteiger partial charge >= 0.3 is 0 Å². The summed E-state index contributed by atoms with van der Waals surface area (Å²) in [4.78, 5) is 15.2. The predicted octanol–water partition coefficient (Wildman–Crippen LogP) is 3.57. The van der Waals surface area contributed by atoms with E-state index in [1.54, 1.807) is 6.07 Å². The van der Waals surface area contributed by atoms with E-state index in [4.69, 9.17) is 4.74 Å². The molecule has 0 bridgehead atoms. The van der Waals surface area contributed by atoms with Crippen LogP contribution in [0.2, 0.25) is 0 Å². The zero-order valence-corrected chi connectivity index (χ0v) is 19.2. The maximum atomic E-state index is 13.1. The summed E-state index contributed by atoms with van der Waals surface area (Å²) in [6, 6.07) is 12.2. The molecule has 0 atom stereocenters. The van der Waals surface area contributed by atoms with Gasteiger partial charge in [0.15, 0.2) is 0 Å². The van der Waals surface area contributed by atoms with Crippen LogP contribution in [0.1, 0.15) is 42.6 Å². The number of ether oxygens (including phenoxy) is 1. The van der Waals surface area contributed by atoms with E-state index in [1.165, 1.54) is 23.5 Å².